The van der Waals surface area contributed by atoms with Crippen LogP contribution in [0.5, 0.6) is 0 Å². The van der Waals surface area contributed by atoms with Crippen LogP contribution >= 0.6 is 11.8 Å². The molecule has 174 valence electrons. The number of benzene rings is 1. The highest BCUT2D eigenvalue weighted by atomic mass is 32.2. The number of nitrogens with one attached hydrogen (secondary N) is 1. The molecule has 2 aliphatic heterocycles. The first-order valence-corrected chi connectivity index (χ1v) is 12.2. The summed E-state index contributed by atoms with van der Waals surface area (Å²) < 4.78 is 14.0. The lowest BCUT2D eigenvalue weighted by Gasteiger charge is -2.32. The lowest BCUT2D eigenvalue weighted by atomic mass is 9.97. The van der Waals surface area contributed by atoms with Gasteiger partial charge in [-0.3, -0.25) is 9.59 Å². The van der Waals surface area contributed by atoms with E-state index in [9.17, 15) is 14.0 Å². The van der Waals surface area contributed by atoms with E-state index in [2.05, 4.69) is 25.2 Å². The maximum absolute atomic E-state index is 14.0. The van der Waals surface area contributed by atoms with Gasteiger partial charge in [0.05, 0.1) is 22.7 Å². The lowest BCUT2D eigenvalue weighted by Crippen LogP contribution is -2.38. The second-order valence-electron chi connectivity index (χ2n) is 8.54. The number of carbonyl (C=O) groups excluding carboxylic acids is 2. The molecule has 2 aromatic heterocycles. The quantitative estimate of drug-likeness (QED) is 0.424. The van der Waals surface area contributed by atoms with Crippen molar-refractivity contribution >= 4 is 45.6 Å². The zero-order chi connectivity index (χ0) is 23.5. The van der Waals surface area contributed by atoms with E-state index in [1.807, 2.05) is 18.2 Å². The number of allylic oxidation sites excluding steroid dienone is 1. The predicted molar refractivity (Wildman–Crippen MR) is 131 cm³/mol. The number of halogens is 1. The molecule has 1 aromatic carbocycles. The number of nitrogens with zero attached hydrogens (tertiary/aromatic N) is 4. The third-order valence-electron chi connectivity index (χ3n) is 6.11. The zero-order valence-electron chi connectivity index (χ0n) is 18.5. The van der Waals surface area contributed by atoms with Crippen molar-refractivity contribution in [2.75, 3.05) is 24.5 Å². The number of anilines is 1. The first-order chi connectivity index (χ1) is 16.5. The summed E-state index contributed by atoms with van der Waals surface area (Å²) in [4.78, 5) is 39.4. The standard InChI is InChI=1S/C25H24FN5O2S/c26-20-3-1-2-17-4-5-19(29-24(17)20)15-27-14-16-7-10-31(11-8-16)25-28-9-6-18(30-25)12-22-21(32)13-23(33)34-22/h1-6,9,12,16,27H,7-8,10-11,13-15H2/b22-12-. The number of piperidine rings is 1. The van der Waals surface area contributed by atoms with Crippen LogP contribution in [0.15, 0.2) is 47.5 Å². The highest BCUT2D eigenvalue weighted by Gasteiger charge is 2.26. The Labute approximate surface area is 200 Å². The number of pyridine rings is 1. The molecule has 4 heterocycles. The molecule has 0 bridgehead atoms. The van der Waals surface area contributed by atoms with E-state index in [1.54, 1.807) is 24.4 Å². The molecule has 3 aromatic rings. The Morgan fingerprint density at radius 2 is 1.97 bits per heavy atom. The van der Waals surface area contributed by atoms with Gasteiger partial charge in [-0.25, -0.2) is 19.3 Å². The minimum absolute atomic E-state index is 0.0379. The van der Waals surface area contributed by atoms with Crippen LogP contribution in [0.4, 0.5) is 10.3 Å². The van der Waals surface area contributed by atoms with Gasteiger partial charge in [0.25, 0.3) is 0 Å². The van der Waals surface area contributed by atoms with Gasteiger partial charge in [0.1, 0.15) is 11.3 Å². The number of rotatable bonds is 6. The Morgan fingerprint density at radius 1 is 1.12 bits per heavy atom. The van der Waals surface area contributed by atoms with Gasteiger partial charge in [-0.05, 0) is 61.3 Å². The van der Waals surface area contributed by atoms with Gasteiger partial charge in [0, 0.05) is 31.2 Å². The van der Waals surface area contributed by atoms with Gasteiger partial charge in [0.2, 0.25) is 11.1 Å². The van der Waals surface area contributed by atoms with E-state index in [-0.39, 0.29) is 23.1 Å². The maximum Gasteiger partial charge on any atom is 0.225 e. The number of fused-ring (bicyclic) bond motifs is 1. The summed E-state index contributed by atoms with van der Waals surface area (Å²) in [6.07, 6.45) is 5.33. The number of aromatic nitrogens is 3. The predicted octanol–water partition coefficient (Wildman–Crippen LogP) is 3.74. The number of hydrogen-bond donors (Lipinski definition) is 1. The van der Waals surface area contributed by atoms with Crippen molar-refractivity contribution in [2.45, 2.75) is 25.8 Å². The maximum atomic E-state index is 14.0. The second-order valence-corrected chi connectivity index (χ2v) is 9.64. The number of para-hydroxylation sites is 1. The molecule has 0 aliphatic carbocycles. The van der Waals surface area contributed by atoms with E-state index in [4.69, 9.17) is 0 Å². The Hall–Kier alpha value is -3.17. The molecule has 2 saturated heterocycles. The summed E-state index contributed by atoms with van der Waals surface area (Å²) in [7, 11) is 0. The van der Waals surface area contributed by atoms with Gasteiger partial charge in [-0.1, -0.05) is 18.2 Å². The smallest absolute Gasteiger partial charge is 0.225 e. The van der Waals surface area contributed by atoms with Crippen LogP contribution < -0.4 is 10.2 Å². The van der Waals surface area contributed by atoms with Crippen molar-refractivity contribution in [1.29, 1.82) is 0 Å². The van der Waals surface area contributed by atoms with Gasteiger partial charge >= 0.3 is 0 Å². The number of thioether (sulfide) groups is 1. The third kappa shape index (κ3) is 5.15. The molecule has 2 aliphatic rings. The van der Waals surface area contributed by atoms with Gasteiger partial charge in [-0.15, -0.1) is 0 Å². The van der Waals surface area contributed by atoms with E-state index in [0.29, 0.717) is 34.5 Å². The summed E-state index contributed by atoms with van der Waals surface area (Å²) in [6, 6.07) is 10.6. The van der Waals surface area contributed by atoms with Crippen LogP contribution in [0, 0.1) is 11.7 Å². The SMILES string of the molecule is O=C1CC(=O)/C(=C/c2ccnc(N3CCC(CNCc4ccc5cccc(F)c5n4)CC3)n2)S1. The first-order valence-electron chi connectivity index (χ1n) is 11.3. The molecule has 1 N–H and O–H groups in total. The van der Waals surface area contributed by atoms with E-state index >= 15 is 0 Å². The van der Waals surface area contributed by atoms with Crippen LogP contribution in [0.2, 0.25) is 0 Å². The average molecular weight is 478 g/mol. The van der Waals surface area contributed by atoms with Gasteiger partial charge in [-0.2, -0.15) is 0 Å². The monoisotopic (exact) mass is 477 g/mol. The summed E-state index contributed by atoms with van der Waals surface area (Å²) in [5.74, 6) is 0.728. The molecule has 0 amide bonds. The number of ketones is 1. The second kappa shape index (κ2) is 9.99. The Morgan fingerprint density at radius 3 is 2.76 bits per heavy atom. The topological polar surface area (TPSA) is 88.1 Å². The van der Waals surface area contributed by atoms with Crippen LogP contribution in [-0.2, 0) is 16.1 Å². The van der Waals surface area contributed by atoms with Crippen LogP contribution in [0.3, 0.4) is 0 Å². The van der Waals surface area contributed by atoms with Crippen LogP contribution in [0.1, 0.15) is 30.7 Å². The molecule has 0 atom stereocenters. The van der Waals surface area contributed by atoms with Crippen LogP contribution in [0.25, 0.3) is 17.0 Å². The average Bonchev–Trinajstić information content (AvgIpc) is 3.16. The minimum atomic E-state index is -0.295. The highest BCUT2D eigenvalue weighted by Crippen LogP contribution is 2.30. The fourth-order valence-electron chi connectivity index (χ4n) is 4.26. The molecule has 5 rings (SSSR count). The fraction of sp³-hybridized carbons (Fsp3) is 0.320. The van der Waals surface area contributed by atoms with Crippen molar-refractivity contribution in [1.82, 2.24) is 20.3 Å². The molecule has 0 spiro atoms. The molecule has 9 heteroatoms. The van der Waals surface area contributed by atoms with E-state index < -0.39 is 0 Å². The largest absolute Gasteiger partial charge is 0.341 e. The third-order valence-corrected chi connectivity index (χ3v) is 7.05. The van der Waals surface area contributed by atoms with Crippen molar-refractivity contribution in [3.63, 3.8) is 0 Å². The number of hydrogen-bond acceptors (Lipinski definition) is 8. The Bertz CT molecular complexity index is 1270. The molecule has 34 heavy (non-hydrogen) atoms. The van der Waals surface area contributed by atoms with E-state index in [1.165, 1.54) is 6.07 Å². The summed E-state index contributed by atoms with van der Waals surface area (Å²) >= 11 is 0.986. The molecule has 7 nitrogen and oxygen atoms in total. The van der Waals surface area contributed by atoms with Crippen molar-refractivity contribution in [3.8, 4) is 0 Å². The fourth-order valence-corrected chi connectivity index (χ4v) is 5.08. The first kappa shape index (κ1) is 22.6. The van der Waals surface area contributed by atoms with Crippen molar-refractivity contribution in [2.24, 2.45) is 5.92 Å². The summed E-state index contributed by atoms with van der Waals surface area (Å²) in [5.41, 5.74) is 1.88. The normalized spacial score (nSPS) is 18.4. The van der Waals surface area contributed by atoms with Crippen LogP contribution in [-0.4, -0.2) is 45.5 Å². The molecular weight excluding hydrogens is 453 g/mol. The molecular formula is C25H24FN5O2S. The van der Waals surface area contributed by atoms with E-state index in [0.717, 1.165) is 55.3 Å². The van der Waals surface area contributed by atoms with Crippen molar-refractivity contribution < 1.29 is 14.0 Å². The van der Waals surface area contributed by atoms with Crippen molar-refractivity contribution in [3.05, 3.63) is 64.7 Å². The highest BCUT2D eigenvalue weighted by molar-refractivity contribution is 8.18. The molecule has 0 unspecified atom stereocenters. The lowest BCUT2D eigenvalue weighted by molar-refractivity contribution is -0.119. The molecule has 2 fully saturated rings. The summed E-state index contributed by atoms with van der Waals surface area (Å²) in [6.45, 7) is 3.16. The number of carbonyl (C=O) groups is 2. The minimum Gasteiger partial charge on any atom is -0.341 e. The molecule has 0 radical (unpaired) electrons. The van der Waals surface area contributed by atoms with Gasteiger partial charge in [0.15, 0.2) is 5.78 Å². The summed E-state index contributed by atoms with van der Waals surface area (Å²) in [5, 5.41) is 4.15. The number of Topliss-reactive ketones (excluding diaryl/α,β-unsaturated/α-hetero) is 1. The zero-order valence-corrected chi connectivity index (χ0v) is 19.4. The molecule has 0 saturated carbocycles. The Kier molecular flexibility index (Phi) is 6.64. The van der Waals surface area contributed by atoms with Gasteiger partial charge < -0.3 is 10.2 Å². The Balaban J connectivity index is 1.13.